The average Bonchev–Trinajstić information content (AvgIpc) is 2.65. The van der Waals surface area contributed by atoms with Gasteiger partial charge >= 0.3 is 0 Å². The summed E-state index contributed by atoms with van der Waals surface area (Å²) in [6.45, 7) is 1.00. The van der Waals surface area contributed by atoms with Gasteiger partial charge in [-0.1, -0.05) is 18.2 Å². The van der Waals surface area contributed by atoms with Gasteiger partial charge in [-0.05, 0) is 19.0 Å². The van der Waals surface area contributed by atoms with Crippen LogP contribution >= 0.6 is 10.7 Å². The Labute approximate surface area is 98.7 Å². The molecule has 88 valence electrons. The molecule has 6 heteroatoms. The number of β-amino-alcohol motifs (C(OH)–C–C–N with tert-alkyl or cyclic N) is 1. The highest BCUT2D eigenvalue weighted by Gasteiger charge is 2.36. The summed E-state index contributed by atoms with van der Waals surface area (Å²) in [5.41, 5.74) is -0.770. The van der Waals surface area contributed by atoms with Crippen LogP contribution < -0.4 is 5.32 Å². The van der Waals surface area contributed by atoms with E-state index in [1.165, 1.54) is 6.07 Å². The van der Waals surface area contributed by atoms with Gasteiger partial charge in [0.25, 0.3) is 9.05 Å². The first-order chi connectivity index (χ1) is 7.43. The number of aliphatic hydroxyl groups is 1. The van der Waals surface area contributed by atoms with E-state index in [2.05, 4.69) is 5.32 Å². The molecule has 1 atom stereocenters. The molecule has 0 spiro atoms. The molecule has 0 aliphatic carbocycles. The van der Waals surface area contributed by atoms with Crippen LogP contribution in [0.25, 0.3) is 0 Å². The molecule has 1 saturated heterocycles. The first-order valence-corrected chi connectivity index (χ1v) is 7.22. The largest absolute Gasteiger partial charge is 0.384 e. The van der Waals surface area contributed by atoms with E-state index in [1.807, 2.05) is 0 Å². The van der Waals surface area contributed by atoms with Gasteiger partial charge in [-0.2, -0.15) is 0 Å². The summed E-state index contributed by atoms with van der Waals surface area (Å²) in [5.74, 6) is 0. The van der Waals surface area contributed by atoms with Gasteiger partial charge in [0.05, 0.1) is 4.90 Å². The second kappa shape index (κ2) is 4.00. The summed E-state index contributed by atoms with van der Waals surface area (Å²) in [4.78, 5) is -0.0112. The van der Waals surface area contributed by atoms with Crippen molar-refractivity contribution in [1.29, 1.82) is 0 Å². The van der Waals surface area contributed by atoms with Gasteiger partial charge in [0, 0.05) is 22.8 Å². The molecule has 1 heterocycles. The first kappa shape index (κ1) is 11.9. The minimum Gasteiger partial charge on any atom is -0.384 e. The van der Waals surface area contributed by atoms with Gasteiger partial charge in [-0.15, -0.1) is 0 Å². The molecule has 1 unspecified atom stereocenters. The van der Waals surface area contributed by atoms with Gasteiger partial charge in [0.1, 0.15) is 5.60 Å². The average molecular weight is 262 g/mol. The lowest BCUT2D eigenvalue weighted by Gasteiger charge is -2.23. The third-order valence-corrected chi connectivity index (χ3v) is 4.16. The Hall–Kier alpha value is -0.620. The highest BCUT2D eigenvalue weighted by atomic mass is 35.7. The van der Waals surface area contributed by atoms with Crippen LogP contribution in [0.2, 0.25) is 0 Å². The number of rotatable bonds is 2. The van der Waals surface area contributed by atoms with Gasteiger partial charge in [0.15, 0.2) is 0 Å². The normalized spacial score (nSPS) is 25.9. The van der Waals surface area contributed by atoms with E-state index >= 15 is 0 Å². The number of halogens is 1. The van der Waals surface area contributed by atoms with Crippen molar-refractivity contribution in [3.05, 3.63) is 29.8 Å². The van der Waals surface area contributed by atoms with Crippen LogP contribution in [-0.4, -0.2) is 26.6 Å². The monoisotopic (exact) mass is 261 g/mol. The molecule has 1 fully saturated rings. The van der Waals surface area contributed by atoms with Crippen molar-refractivity contribution < 1.29 is 13.5 Å². The highest BCUT2D eigenvalue weighted by Crippen LogP contribution is 2.33. The SMILES string of the molecule is O=S(=O)(Cl)c1ccccc1C1(O)CCNC1. The van der Waals surface area contributed by atoms with E-state index in [-0.39, 0.29) is 4.90 Å². The molecule has 1 aromatic carbocycles. The molecule has 16 heavy (non-hydrogen) atoms. The molecular formula is C10H12ClNO3S. The molecule has 2 rings (SSSR count). The third-order valence-electron chi connectivity index (χ3n) is 2.78. The third kappa shape index (κ3) is 2.08. The second-order valence-electron chi connectivity index (χ2n) is 3.89. The van der Waals surface area contributed by atoms with Crippen LogP contribution in [0, 0.1) is 0 Å². The zero-order chi connectivity index (χ0) is 11.8. The van der Waals surface area contributed by atoms with Crippen LogP contribution in [0.4, 0.5) is 0 Å². The minimum absolute atomic E-state index is 0.0112. The Bertz CT molecular complexity index is 495. The van der Waals surface area contributed by atoms with E-state index in [0.717, 1.165) is 0 Å². The Morgan fingerprint density at radius 3 is 2.62 bits per heavy atom. The summed E-state index contributed by atoms with van der Waals surface area (Å²) in [7, 11) is 1.52. The number of hydrogen-bond donors (Lipinski definition) is 2. The topological polar surface area (TPSA) is 66.4 Å². The van der Waals surface area contributed by atoms with Crippen molar-refractivity contribution in [3.63, 3.8) is 0 Å². The van der Waals surface area contributed by atoms with Gasteiger partial charge in [-0.3, -0.25) is 0 Å². The Morgan fingerprint density at radius 1 is 1.38 bits per heavy atom. The van der Waals surface area contributed by atoms with Crippen LogP contribution in [-0.2, 0) is 14.7 Å². The van der Waals surface area contributed by atoms with E-state index < -0.39 is 14.7 Å². The summed E-state index contributed by atoms with van der Waals surface area (Å²) >= 11 is 0. The maximum atomic E-state index is 11.4. The van der Waals surface area contributed by atoms with E-state index in [0.29, 0.717) is 25.1 Å². The van der Waals surface area contributed by atoms with Crippen molar-refractivity contribution in [2.24, 2.45) is 0 Å². The molecular weight excluding hydrogens is 250 g/mol. The molecule has 0 aromatic heterocycles. The molecule has 0 saturated carbocycles. The zero-order valence-electron chi connectivity index (χ0n) is 8.48. The molecule has 1 aromatic rings. The highest BCUT2D eigenvalue weighted by molar-refractivity contribution is 8.13. The fraction of sp³-hybridized carbons (Fsp3) is 0.400. The summed E-state index contributed by atoms with van der Waals surface area (Å²) in [6.07, 6.45) is 0.483. The van der Waals surface area contributed by atoms with Gasteiger partial charge in [0.2, 0.25) is 0 Å². The fourth-order valence-electron chi connectivity index (χ4n) is 1.97. The van der Waals surface area contributed by atoms with Crippen LogP contribution in [0.1, 0.15) is 12.0 Å². The van der Waals surface area contributed by atoms with Crippen molar-refractivity contribution >= 4 is 19.7 Å². The maximum Gasteiger partial charge on any atom is 0.261 e. The van der Waals surface area contributed by atoms with Crippen molar-refractivity contribution in [2.45, 2.75) is 16.9 Å². The number of nitrogens with one attached hydrogen (secondary N) is 1. The maximum absolute atomic E-state index is 11.4. The summed E-state index contributed by atoms with van der Waals surface area (Å²) < 4.78 is 22.8. The first-order valence-electron chi connectivity index (χ1n) is 4.91. The standard InChI is InChI=1S/C10H12ClNO3S/c11-16(14,15)9-4-2-1-3-8(9)10(13)5-6-12-7-10/h1-4,12-13H,5-7H2. The zero-order valence-corrected chi connectivity index (χ0v) is 10.1. The molecule has 1 aliphatic rings. The van der Waals surface area contributed by atoms with E-state index in [1.54, 1.807) is 18.2 Å². The fourth-order valence-corrected chi connectivity index (χ4v) is 3.14. The van der Waals surface area contributed by atoms with Crippen molar-refractivity contribution in [3.8, 4) is 0 Å². The molecule has 0 bridgehead atoms. The molecule has 2 N–H and O–H groups in total. The van der Waals surface area contributed by atoms with Crippen LogP contribution in [0.15, 0.2) is 29.2 Å². The predicted molar refractivity (Wildman–Crippen MR) is 60.9 cm³/mol. The Morgan fingerprint density at radius 2 is 2.06 bits per heavy atom. The molecule has 1 aliphatic heterocycles. The lowest BCUT2D eigenvalue weighted by atomic mass is 9.93. The van der Waals surface area contributed by atoms with Crippen LogP contribution in [0.3, 0.4) is 0 Å². The number of benzene rings is 1. The number of hydrogen-bond acceptors (Lipinski definition) is 4. The Kier molecular flexibility index (Phi) is 2.96. The molecule has 0 radical (unpaired) electrons. The minimum atomic E-state index is -3.82. The van der Waals surface area contributed by atoms with E-state index in [4.69, 9.17) is 10.7 Å². The quantitative estimate of drug-likeness (QED) is 0.773. The van der Waals surface area contributed by atoms with Crippen molar-refractivity contribution in [1.82, 2.24) is 5.32 Å². The smallest absolute Gasteiger partial charge is 0.261 e. The van der Waals surface area contributed by atoms with Gasteiger partial charge in [-0.25, -0.2) is 8.42 Å². The van der Waals surface area contributed by atoms with Crippen LogP contribution in [0.5, 0.6) is 0 Å². The van der Waals surface area contributed by atoms with Gasteiger partial charge < -0.3 is 10.4 Å². The molecule has 0 amide bonds. The lowest BCUT2D eigenvalue weighted by molar-refractivity contribution is 0.0558. The van der Waals surface area contributed by atoms with Crippen molar-refractivity contribution in [2.75, 3.05) is 13.1 Å². The summed E-state index contributed by atoms with van der Waals surface area (Å²) in [5, 5.41) is 13.3. The molecule has 4 nitrogen and oxygen atoms in total. The van der Waals surface area contributed by atoms with E-state index in [9.17, 15) is 13.5 Å². The predicted octanol–water partition coefficient (Wildman–Crippen LogP) is 0.795. The Balaban J connectivity index is 2.57. The second-order valence-corrected chi connectivity index (χ2v) is 6.43. The summed E-state index contributed by atoms with van der Waals surface area (Å²) in [6, 6.07) is 6.29. The lowest BCUT2D eigenvalue weighted by Crippen LogP contribution is -2.29.